The molecule has 0 aromatic heterocycles. The van der Waals surface area contributed by atoms with Crippen molar-refractivity contribution in [1.29, 1.82) is 0 Å². The molecular weight excluding hydrogens is 286 g/mol. The summed E-state index contributed by atoms with van der Waals surface area (Å²) in [6.45, 7) is 9.80. The van der Waals surface area contributed by atoms with Crippen LogP contribution in [-0.2, 0) is 4.79 Å². The first-order valence-corrected chi connectivity index (χ1v) is 9.02. The molecule has 1 aromatic carbocycles. The highest BCUT2D eigenvalue weighted by atomic mass is 16.2. The minimum Gasteiger partial charge on any atom is -0.371 e. The number of benzene rings is 1. The third-order valence-electron chi connectivity index (χ3n) is 4.44. The van der Waals surface area contributed by atoms with Crippen molar-refractivity contribution in [3.63, 3.8) is 0 Å². The molecule has 1 atom stereocenters. The van der Waals surface area contributed by atoms with Gasteiger partial charge in [0.15, 0.2) is 0 Å². The topological polar surface area (TPSA) is 35.6 Å². The Kier molecular flexibility index (Phi) is 7.40. The number of nitrogens with one attached hydrogen (secondary N) is 1. The average molecular weight is 317 g/mol. The van der Waals surface area contributed by atoms with E-state index in [1.54, 1.807) is 0 Å². The zero-order valence-electron chi connectivity index (χ0n) is 14.6. The molecule has 1 aliphatic heterocycles. The Balaban J connectivity index is 1.71. The van der Waals surface area contributed by atoms with Gasteiger partial charge in [-0.05, 0) is 50.4 Å². The van der Waals surface area contributed by atoms with E-state index in [4.69, 9.17) is 0 Å². The maximum absolute atomic E-state index is 12.1. The van der Waals surface area contributed by atoms with Crippen LogP contribution in [0.15, 0.2) is 30.3 Å². The van der Waals surface area contributed by atoms with E-state index in [2.05, 4.69) is 59.3 Å². The molecule has 1 unspecified atom stereocenters. The molecule has 1 fully saturated rings. The van der Waals surface area contributed by atoms with Gasteiger partial charge in [-0.1, -0.05) is 32.0 Å². The van der Waals surface area contributed by atoms with Crippen molar-refractivity contribution >= 4 is 11.6 Å². The largest absolute Gasteiger partial charge is 0.371 e. The maximum atomic E-state index is 12.1. The fourth-order valence-corrected chi connectivity index (χ4v) is 3.29. The number of hydrogen-bond donors (Lipinski definition) is 1. The average Bonchev–Trinajstić information content (AvgIpc) is 3.03. The van der Waals surface area contributed by atoms with E-state index in [0.717, 1.165) is 52.0 Å². The summed E-state index contributed by atoms with van der Waals surface area (Å²) < 4.78 is 0. The normalized spacial score (nSPS) is 17.7. The molecule has 1 aromatic rings. The number of anilines is 1. The third-order valence-corrected chi connectivity index (χ3v) is 4.44. The Bertz CT molecular complexity index is 457. The number of amides is 1. The first kappa shape index (κ1) is 17.8. The second-order valence-electron chi connectivity index (χ2n) is 6.52. The van der Waals surface area contributed by atoms with E-state index in [-0.39, 0.29) is 5.91 Å². The molecule has 0 radical (unpaired) electrons. The van der Waals surface area contributed by atoms with Crippen molar-refractivity contribution in [3.05, 3.63) is 30.3 Å². The Morgan fingerprint density at radius 1 is 1.22 bits per heavy atom. The van der Waals surface area contributed by atoms with Crippen molar-refractivity contribution in [1.82, 2.24) is 10.2 Å². The molecule has 0 bridgehead atoms. The Morgan fingerprint density at radius 2 is 1.91 bits per heavy atom. The summed E-state index contributed by atoms with van der Waals surface area (Å²) in [4.78, 5) is 16.8. The molecule has 0 spiro atoms. The molecule has 128 valence electrons. The number of nitrogens with zero attached hydrogens (tertiary/aromatic N) is 2. The fourth-order valence-electron chi connectivity index (χ4n) is 3.29. The molecule has 4 heteroatoms. The number of carbonyl (C=O) groups is 1. The quantitative estimate of drug-likeness (QED) is 0.761. The predicted octanol–water partition coefficient (Wildman–Crippen LogP) is 2.75. The van der Waals surface area contributed by atoms with Crippen LogP contribution in [0.3, 0.4) is 0 Å². The first-order valence-electron chi connectivity index (χ1n) is 9.02. The van der Waals surface area contributed by atoms with Crippen LogP contribution in [-0.4, -0.2) is 50.1 Å². The standard InChI is InChI=1S/C19H31N3O/c1-3-11-21(12-4-2)16-19(23)20-14-17-10-13-22(15-17)18-8-6-5-7-9-18/h5-9,17H,3-4,10-16H2,1-2H3,(H,20,23). The third kappa shape index (κ3) is 5.87. The van der Waals surface area contributed by atoms with Crippen LogP contribution >= 0.6 is 0 Å². The Hall–Kier alpha value is -1.55. The number of carbonyl (C=O) groups excluding carboxylic acids is 1. The molecule has 1 amide bonds. The van der Waals surface area contributed by atoms with E-state index in [1.807, 2.05) is 0 Å². The highest BCUT2D eigenvalue weighted by Gasteiger charge is 2.23. The van der Waals surface area contributed by atoms with Crippen LogP contribution in [0.5, 0.6) is 0 Å². The van der Waals surface area contributed by atoms with Crippen LogP contribution < -0.4 is 10.2 Å². The Labute approximate surface area is 140 Å². The second-order valence-corrected chi connectivity index (χ2v) is 6.52. The monoisotopic (exact) mass is 317 g/mol. The Morgan fingerprint density at radius 3 is 2.57 bits per heavy atom. The summed E-state index contributed by atoms with van der Waals surface area (Å²) in [7, 11) is 0. The molecule has 1 heterocycles. The van der Waals surface area contributed by atoms with Crippen LogP contribution in [0.1, 0.15) is 33.1 Å². The zero-order chi connectivity index (χ0) is 16.5. The molecule has 0 aliphatic carbocycles. The predicted molar refractivity (Wildman–Crippen MR) is 96.8 cm³/mol. The molecule has 0 saturated carbocycles. The van der Waals surface area contributed by atoms with Crippen LogP contribution in [0.4, 0.5) is 5.69 Å². The van der Waals surface area contributed by atoms with Gasteiger partial charge in [0, 0.05) is 25.3 Å². The number of hydrogen-bond acceptors (Lipinski definition) is 3. The van der Waals surface area contributed by atoms with E-state index < -0.39 is 0 Å². The summed E-state index contributed by atoms with van der Waals surface area (Å²) in [6, 6.07) is 10.5. The lowest BCUT2D eigenvalue weighted by atomic mass is 10.1. The highest BCUT2D eigenvalue weighted by molar-refractivity contribution is 5.78. The van der Waals surface area contributed by atoms with Gasteiger partial charge in [-0.25, -0.2) is 0 Å². The van der Waals surface area contributed by atoms with E-state index in [1.165, 1.54) is 5.69 Å². The van der Waals surface area contributed by atoms with Gasteiger partial charge in [0.2, 0.25) is 5.91 Å². The number of rotatable bonds is 9. The van der Waals surface area contributed by atoms with Gasteiger partial charge in [-0.3, -0.25) is 9.69 Å². The van der Waals surface area contributed by atoms with Gasteiger partial charge in [0.05, 0.1) is 6.54 Å². The molecule has 1 aliphatic rings. The SMILES string of the molecule is CCCN(CCC)CC(=O)NCC1CCN(c2ccccc2)C1. The second kappa shape index (κ2) is 9.56. The van der Waals surface area contributed by atoms with Gasteiger partial charge in [-0.2, -0.15) is 0 Å². The van der Waals surface area contributed by atoms with E-state index in [9.17, 15) is 4.79 Å². The van der Waals surface area contributed by atoms with Crippen molar-refractivity contribution in [2.45, 2.75) is 33.1 Å². The molecule has 1 saturated heterocycles. The van der Waals surface area contributed by atoms with Gasteiger partial charge < -0.3 is 10.2 Å². The minimum atomic E-state index is 0.171. The fraction of sp³-hybridized carbons (Fsp3) is 0.632. The smallest absolute Gasteiger partial charge is 0.234 e. The molecular formula is C19H31N3O. The van der Waals surface area contributed by atoms with Crippen LogP contribution in [0.25, 0.3) is 0 Å². The highest BCUT2D eigenvalue weighted by Crippen LogP contribution is 2.22. The minimum absolute atomic E-state index is 0.171. The van der Waals surface area contributed by atoms with Gasteiger partial charge >= 0.3 is 0 Å². The maximum Gasteiger partial charge on any atom is 0.234 e. The van der Waals surface area contributed by atoms with Crippen LogP contribution in [0, 0.1) is 5.92 Å². The van der Waals surface area contributed by atoms with Crippen molar-refractivity contribution in [2.75, 3.05) is 44.2 Å². The summed E-state index contributed by atoms with van der Waals surface area (Å²) in [5, 5.41) is 3.14. The van der Waals surface area contributed by atoms with Crippen molar-refractivity contribution in [2.24, 2.45) is 5.92 Å². The lowest BCUT2D eigenvalue weighted by molar-refractivity contribution is -0.122. The first-order chi connectivity index (χ1) is 11.2. The molecule has 23 heavy (non-hydrogen) atoms. The zero-order valence-corrected chi connectivity index (χ0v) is 14.6. The lowest BCUT2D eigenvalue weighted by Crippen LogP contribution is -2.40. The molecule has 2 rings (SSSR count). The van der Waals surface area contributed by atoms with Gasteiger partial charge in [-0.15, -0.1) is 0 Å². The lowest BCUT2D eigenvalue weighted by Gasteiger charge is -2.21. The van der Waals surface area contributed by atoms with E-state index in [0.29, 0.717) is 12.5 Å². The molecule has 4 nitrogen and oxygen atoms in total. The summed E-state index contributed by atoms with van der Waals surface area (Å²) in [5.41, 5.74) is 1.29. The van der Waals surface area contributed by atoms with Crippen molar-refractivity contribution in [3.8, 4) is 0 Å². The summed E-state index contributed by atoms with van der Waals surface area (Å²) >= 11 is 0. The number of para-hydroxylation sites is 1. The summed E-state index contributed by atoms with van der Waals surface area (Å²) in [6.07, 6.45) is 3.35. The van der Waals surface area contributed by atoms with Gasteiger partial charge in [0.1, 0.15) is 0 Å². The van der Waals surface area contributed by atoms with E-state index >= 15 is 0 Å². The summed E-state index contributed by atoms with van der Waals surface area (Å²) in [5.74, 6) is 0.731. The molecule has 1 N–H and O–H groups in total. The van der Waals surface area contributed by atoms with Gasteiger partial charge in [0.25, 0.3) is 0 Å². The van der Waals surface area contributed by atoms with Crippen LogP contribution in [0.2, 0.25) is 0 Å². The van der Waals surface area contributed by atoms with Crippen molar-refractivity contribution < 1.29 is 4.79 Å².